The van der Waals surface area contributed by atoms with Crippen molar-refractivity contribution in [2.24, 2.45) is 5.92 Å². The minimum absolute atomic E-state index is 0.0496. The molecule has 0 aromatic carbocycles. The van der Waals surface area contributed by atoms with Crippen molar-refractivity contribution >= 4 is 0 Å². The Morgan fingerprint density at radius 3 is 2.73 bits per heavy atom. The van der Waals surface area contributed by atoms with E-state index in [9.17, 15) is 5.11 Å². The molecule has 1 aliphatic carbocycles. The smallest absolute Gasteiger partial charge is 0.0580 e. The number of nitrogens with zero attached hydrogens (tertiary/aromatic N) is 1. The van der Waals surface area contributed by atoms with Gasteiger partial charge in [-0.05, 0) is 45.2 Å². The molecule has 0 heterocycles. The van der Waals surface area contributed by atoms with E-state index in [2.05, 4.69) is 11.9 Å². The van der Waals surface area contributed by atoms with Crippen molar-refractivity contribution in [3.8, 4) is 0 Å². The van der Waals surface area contributed by atoms with Crippen LogP contribution >= 0.6 is 0 Å². The lowest BCUT2D eigenvalue weighted by atomic mass is 10.1. The molecule has 0 aromatic heterocycles. The summed E-state index contributed by atoms with van der Waals surface area (Å²) in [6.07, 6.45) is 5.67. The Bertz CT molecular complexity index is 164. The van der Waals surface area contributed by atoms with Crippen molar-refractivity contribution in [3.63, 3.8) is 0 Å². The number of aliphatic hydroxyl groups excluding tert-OH is 1. The quantitative estimate of drug-likeness (QED) is 0.653. The molecule has 0 saturated heterocycles. The first kappa shape index (κ1) is 12.9. The molecule has 2 unspecified atom stereocenters. The SMILES string of the molecule is COCCCCN(C)CC1CCCC1O. The van der Waals surface area contributed by atoms with E-state index >= 15 is 0 Å². The largest absolute Gasteiger partial charge is 0.393 e. The maximum Gasteiger partial charge on any atom is 0.0580 e. The van der Waals surface area contributed by atoms with E-state index in [4.69, 9.17) is 4.74 Å². The summed E-state index contributed by atoms with van der Waals surface area (Å²) in [5, 5.41) is 9.70. The van der Waals surface area contributed by atoms with Crippen molar-refractivity contribution in [2.45, 2.75) is 38.2 Å². The van der Waals surface area contributed by atoms with E-state index in [0.29, 0.717) is 5.92 Å². The Morgan fingerprint density at radius 2 is 2.13 bits per heavy atom. The summed E-state index contributed by atoms with van der Waals surface area (Å²) < 4.78 is 5.02. The molecule has 1 fully saturated rings. The second-order valence-corrected chi connectivity index (χ2v) is 4.72. The molecule has 3 nitrogen and oxygen atoms in total. The normalized spacial score (nSPS) is 26.4. The number of methoxy groups -OCH3 is 1. The summed E-state index contributed by atoms with van der Waals surface area (Å²) in [5.74, 6) is 0.512. The topological polar surface area (TPSA) is 32.7 Å². The highest BCUT2D eigenvalue weighted by Crippen LogP contribution is 2.25. The van der Waals surface area contributed by atoms with E-state index < -0.39 is 0 Å². The van der Waals surface area contributed by atoms with Gasteiger partial charge in [0.25, 0.3) is 0 Å². The minimum Gasteiger partial charge on any atom is -0.393 e. The van der Waals surface area contributed by atoms with Gasteiger partial charge in [-0.15, -0.1) is 0 Å². The molecule has 0 amide bonds. The van der Waals surface area contributed by atoms with Crippen LogP contribution in [0.5, 0.6) is 0 Å². The van der Waals surface area contributed by atoms with Crippen LogP contribution in [0.4, 0.5) is 0 Å². The molecular weight excluding hydrogens is 190 g/mol. The van der Waals surface area contributed by atoms with Gasteiger partial charge < -0.3 is 14.7 Å². The Labute approximate surface area is 93.4 Å². The summed E-state index contributed by atoms with van der Waals surface area (Å²) >= 11 is 0. The van der Waals surface area contributed by atoms with Gasteiger partial charge in [-0.1, -0.05) is 6.42 Å². The van der Waals surface area contributed by atoms with Gasteiger partial charge in [0.15, 0.2) is 0 Å². The fourth-order valence-corrected chi connectivity index (χ4v) is 2.35. The third kappa shape index (κ3) is 4.96. The number of ether oxygens (including phenoxy) is 1. The van der Waals surface area contributed by atoms with Crippen molar-refractivity contribution in [1.82, 2.24) is 4.90 Å². The van der Waals surface area contributed by atoms with Gasteiger partial charge in [-0.2, -0.15) is 0 Å². The maximum absolute atomic E-state index is 9.70. The van der Waals surface area contributed by atoms with Crippen LogP contribution < -0.4 is 0 Å². The number of hydrogen-bond acceptors (Lipinski definition) is 3. The predicted octanol–water partition coefficient (Wildman–Crippen LogP) is 1.51. The molecule has 0 radical (unpaired) electrons. The molecule has 1 rings (SSSR count). The number of hydrogen-bond donors (Lipinski definition) is 1. The van der Waals surface area contributed by atoms with Crippen molar-refractivity contribution in [3.05, 3.63) is 0 Å². The van der Waals surface area contributed by atoms with E-state index in [-0.39, 0.29) is 6.10 Å². The molecule has 1 saturated carbocycles. The molecule has 15 heavy (non-hydrogen) atoms. The van der Waals surface area contributed by atoms with E-state index in [0.717, 1.165) is 32.5 Å². The van der Waals surface area contributed by atoms with Crippen molar-refractivity contribution in [1.29, 1.82) is 0 Å². The standard InChI is InChI=1S/C12H25NO2/c1-13(8-3-4-9-15-2)10-11-6-5-7-12(11)14/h11-12,14H,3-10H2,1-2H3. The lowest BCUT2D eigenvalue weighted by Gasteiger charge is -2.22. The molecule has 2 atom stereocenters. The van der Waals surface area contributed by atoms with Crippen molar-refractivity contribution < 1.29 is 9.84 Å². The lowest BCUT2D eigenvalue weighted by Crippen LogP contribution is -2.30. The highest BCUT2D eigenvalue weighted by Gasteiger charge is 2.25. The molecule has 1 N–H and O–H groups in total. The van der Waals surface area contributed by atoms with Gasteiger partial charge in [-0.3, -0.25) is 0 Å². The summed E-state index contributed by atoms with van der Waals surface area (Å²) in [6, 6.07) is 0. The van der Waals surface area contributed by atoms with Crippen LogP contribution in [-0.4, -0.2) is 50.0 Å². The maximum atomic E-state index is 9.70. The first-order chi connectivity index (χ1) is 7.24. The van der Waals surface area contributed by atoms with Crippen LogP contribution in [0.15, 0.2) is 0 Å². The zero-order chi connectivity index (χ0) is 11.1. The zero-order valence-corrected chi connectivity index (χ0v) is 10.1. The van der Waals surface area contributed by atoms with Gasteiger partial charge in [0, 0.05) is 20.3 Å². The molecule has 0 aliphatic heterocycles. The second-order valence-electron chi connectivity index (χ2n) is 4.72. The van der Waals surface area contributed by atoms with Crippen LogP contribution in [-0.2, 0) is 4.74 Å². The molecule has 0 aromatic rings. The van der Waals surface area contributed by atoms with Gasteiger partial charge >= 0.3 is 0 Å². The highest BCUT2D eigenvalue weighted by molar-refractivity contribution is 4.78. The third-order valence-electron chi connectivity index (χ3n) is 3.30. The zero-order valence-electron chi connectivity index (χ0n) is 10.1. The lowest BCUT2D eigenvalue weighted by molar-refractivity contribution is 0.108. The second kappa shape index (κ2) is 7.20. The number of rotatable bonds is 7. The minimum atomic E-state index is -0.0496. The fourth-order valence-electron chi connectivity index (χ4n) is 2.35. The van der Waals surface area contributed by atoms with Crippen LogP contribution in [0.25, 0.3) is 0 Å². The summed E-state index contributed by atoms with van der Waals surface area (Å²) in [7, 11) is 3.90. The molecule has 3 heteroatoms. The van der Waals surface area contributed by atoms with Crippen molar-refractivity contribution in [2.75, 3.05) is 33.9 Å². The van der Waals surface area contributed by atoms with Gasteiger partial charge in [-0.25, -0.2) is 0 Å². The Morgan fingerprint density at radius 1 is 1.33 bits per heavy atom. The Balaban J connectivity index is 2.04. The van der Waals surface area contributed by atoms with Crippen LogP contribution in [0.2, 0.25) is 0 Å². The fraction of sp³-hybridized carbons (Fsp3) is 1.00. The monoisotopic (exact) mass is 215 g/mol. The third-order valence-corrected chi connectivity index (χ3v) is 3.30. The molecular formula is C12H25NO2. The number of aliphatic hydroxyl groups is 1. The molecule has 0 bridgehead atoms. The molecule has 0 spiro atoms. The van der Waals surface area contributed by atoms with Gasteiger partial charge in [0.1, 0.15) is 0 Å². The van der Waals surface area contributed by atoms with E-state index in [1.807, 2.05) is 0 Å². The molecule has 1 aliphatic rings. The van der Waals surface area contributed by atoms with Crippen LogP contribution in [0.3, 0.4) is 0 Å². The Kier molecular flexibility index (Phi) is 6.22. The van der Waals surface area contributed by atoms with Gasteiger partial charge in [0.05, 0.1) is 6.10 Å². The average molecular weight is 215 g/mol. The van der Waals surface area contributed by atoms with E-state index in [1.165, 1.54) is 19.3 Å². The highest BCUT2D eigenvalue weighted by atomic mass is 16.5. The first-order valence-electron chi connectivity index (χ1n) is 6.09. The summed E-state index contributed by atoms with van der Waals surface area (Å²) in [5.41, 5.74) is 0. The van der Waals surface area contributed by atoms with Gasteiger partial charge in [0.2, 0.25) is 0 Å². The number of unbranched alkanes of at least 4 members (excludes halogenated alkanes) is 1. The van der Waals surface area contributed by atoms with E-state index in [1.54, 1.807) is 7.11 Å². The average Bonchev–Trinajstić information content (AvgIpc) is 2.59. The first-order valence-corrected chi connectivity index (χ1v) is 6.09. The summed E-state index contributed by atoms with van der Waals surface area (Å²) in [6.45, 7) is 3.03. The Hall–Kier alpha value is -0.120. The van der Waals surface area contributed by atoms with Crippen LogP contribution in [0, 0.1) is 5.92 Å². The van der Waals surface area contributed by atoms with Crippen LogP contribution in [0.1, 0.15) is 32.1 Å². The predicted molar refractivity (Wildman–Crippen MR) is 62.0 cm³/mol. The molecule has 90 valence electrons. The summed E-state index contributed by atoms with van der Waals surface area (Å²) in [4.78, 5) is 2.34.